The van der Waals surface area contributed by atoms with Gasteiger partial charge in [-0.05, 0) is 73.1 Å². The van der Waals surface area contributed by atoms with Gasteiger partial charge in [-0.25, -0.2) is 0 Å². The molecule has 1 saturated heterocycles. The van der Waals surface area contributed by atoms with Crippen molar-refractivity contribution >= 4 is 5.78 Å². The minimum atomic E-state index is -0.0238. The molecular weight excluding hydrogens is 324 g/mol. The van der Waals surface area contributed by atoms with Crippen LogP contribution < -0.4 is 10.2 Å². The molecular formula is C22H30N2O2. The Labute approximate surface area is 156 Å². The number of carbonyl (C=O) groups excluding carboxylic acids is 1. The third kappa shape index (κ3) is 2.61. The van der Waals surface area contributed by atoms with E-state index in [1.807, 2.05) is 0 Å². The highest BCUT2D eigenvalue weighted by Gasteiger charge is 2.54. The molecule has 1 heterocycles. The monoisotopic (exact) mass is 354 g/mol. The van der Waals surface area contributed by atoms with Crippen LogP contribution in [0.1, 0.15) is 56.1 Å². The van der Waals surface area contributed by atoms with Gasteiger partial charge in [0.25, 0.3) is 0 Å². The van der Waals surface area contributed by atoms with Gasteiger partial charge in [0.1, 0.15) is 11.5 Å². The van der Waals surface area contributed by atoms with Crippen LogP contribution >= 0.6 is 0 Å². The third-order valence-corrected chi connectivity index (χ3v) is 7.72. The molecule has 4 atom stereocenters. The van der Waals surface area contributed by atoms with Crippen molar-refractivity contribution in [3.8, 4) is 5.75 Å². The first-order valence-corrected chi connectivity index (χ1v) is 10.4. The van der Waals surface area contributed by atoms with Crippen LogP contribution in [0.4, 0.5) is 0 Å². The summed E-state index contributed by atoms with van der Waals surface area (Å²) in [5, 5.41) is 5.43. The van der Waals surface area contributed by atoms with E-state index in [9.17, 15) is 4.79 Å². The number of nitrogens with one attached hydrogen (secondary N) is 1. The van der Waals surface area contributed by atoms with Gasteiger partial charge in [0.05, 0.1) is 0 Å². The molecule has 0 aromatic heterocycles. The van der Waals surface area contributed by atoms with Gasteiger partial charge in [-0.1, -0.05) is 13.0 Å². The summed E-state index contributed by atoms with van der Waals surface area (Å²) in [6.07, 6.45) is 6.56. The van der Waals surface area contributed by atoms with Crippen molar-refractivity contribution in [1.82, 2.24) is 10.4 Å². The van der Waals surface area contributed by atoms with Crippen LogP contribution in [-0.4, -0.2) is 37.0 Å². The first kappa shape index (κ1) is 16.8. The number of benzene rings is 1. The van der Waals surface area contributed by atoms with Crippen molar-refractivity contribution < 1.29 is 9.63 Å². The molecule has 1 aromatic rings. The van der Waals surface area contributed by atoms with Gasteiger partial charge in [0, 0.05) is 38.0 Å². The Morgan fingerprint density at radius 1 is 1.15 bits per heavy atom. The minimum absolute atomic E-state index is 0.0238. The SMILES string of the molecule is C[C@]12CC[C@@H]3c4ccc(ON5CCNCC5)cc4CC[C@H]3[C@@H]1CCC2=O. The van der Waals surface area contributed by atoms with Crippen molar-refractivity contribution in [2.75, 3.05) is 26.2 Å². The first-order chi connectivity index (χ1) is 12.6. The number of rotatable bonds is 2. The van der Waals surface area contributed by atoms with Crippen molar-refractivity contribution in [2.24, 2.45) is 17.3 Å². The number of hydrogen-bond acceptors (Lipinski definition) is 4. The number of ketones is 1. The summed E-state index contributed by atoms with van der Waals surface area (Å²) >= 11 is 0. The van der Waals surface area contributed by atoms with E-state index in [0.717, 1.165) is 57.6 Å². The third-order valence-electron chi connectivity index (χ3n) is 7.72. The summed E-state index contributed by atoms with van der Waals surface area (Å²) in [6.45, 7) is 6.12. The quantitative estimate of drug-likeness (QED) is 0.885. The van der Waals surface area contributed by atoms with Crippen molar-refractivity contribution in [3.05, 3.63) is 29.3 Å². The Kier molecular flexibility index (Phi) is 4.09. The second kappa shape index (κ2) is 6.35. The van der Waals surface area contributed by atoms with E-state index in [-0.39, 0.29) is 5.41 Å². The summed E-state index contributed by atoms with van der Waals surface area (Å²) in [4.78, 5) is 18.6. The van der Waals surface area contributed by atoms with Gasteiger partial charge in [-0.2, -0.15) is 0 Å². The van der Waals surface area contributed by atoms with Crippen molar-refractivity contribution in [3.63, 3.8) is 0 Å². The average Bonchev–Trinajstić information content (AvgIpc) is 2.97. The molecule has 1 N–H and O–H groups in total. The smallest absolute Gasteiger partial charge is 0.147 e. The number of fused-ring (bicyclic) bond motifs is 5. The van der Waals surface area contributed by atoms with Crippen LogP contribution in [0.5, 0.6) is 5.75 Å². The number of carbonyl (C=O) groups is 1. The lowest BCUT2D eigenvalue weighted by Gasteiger charge is -2.48. The summed E-state index contributed by atoms with van der Waals surface area (Å²) < 4.78 is 0. The normalized spacial score (nSPS) is 37.0. The van der Waals surface area contributed by atoms with Crippen LogP contribution in [0.25, 0.3) is 0 Å². The molecule has 4 aliphatic rings. The highest BCUT2D eigenvalue weighted by molar-refractivity contribution is 5.87. The standard InChI is InChI=1S/C22H30N2O2/c1-22-9-8-18-17-5-3-16(26-24-12-10-23-11-13-24)14-15(17)2-4-19(18)20(22)6-7-21(22)25/h3,5,14,18-20,23H,2,4,6-13H2,1H3/t18-,19-,20+,22+/m1/s1. The molecule has 0 spiro atoms. The number of nitrogens with zero attached hydrogens (tertiary/aromatic N) is 1. The number of hydroxylamine groups is 2. The summed E-state index contributed by atoms with van der Waals surface area (Å²) in [6, 6.07) is 6.77. The highest BCUT2D eigenvalue weighted by Crippen LogP contribution is 2.59. The second-order valence-electron chi connectivity index (χ2n) is 8.96. The molecule has 3 fully saturated rings. The second-order valence-corrected chi connectivity index (χ2v) is 8.96. The van der Waals surface area contributed by atoms with E-state index >= 15 is 0 Å². The number of piperazine rings is 1. The fourth-order valence-corrected chi connectivity index (χ4v) is 6.27. The van der Waals surface area contributed by atoms with Crippen LogP contribution in [0.2, 0.25) is 0 Å². The molecule has 140 valence electrons. The number of aryl methyl sites for hydroxylation is 1. The van der Waals surface area contributed by atoms with E-state index in [2.05, 4.69) is 35.5 Å². The Morgan fingerprint density at radius 3 is 2.85 bits per heavy atom. The molecule has 0 radical (unpaired) electrons. The molecule has 1 aliphatic heterocycles. The topological polar surface area (TPSA) is 41.6 Å². The fourth-order valence-electron chi connectivity index (χ4n) is 6.27. The molecule has 26 heavy (non-hydrogen) atoms. The summed E-state index contributed by atoms with van der Waals surface area (Å²) in [5.74, 6) is 3.48. The van der Waals surface area contributed by atoms with Gasteiger partial charge >= 0.3 is 0 Å². The van der Waals surface area contributed by atoms with Gasteiger partial charge in [-0.15, -0.1) is 5.06 Å². The zero-order valence-corrected chi connectivity index (χ0v) is 15.8. The van der Waals surface area contributed by atoms with Crippen LogP contribution in [0, 0.1) is 17.3 Å². The maximum Gasteiger partial charge on any atom is 0.147 e. The molecule has 5 rings (SSSR count). The van der Waals surface area contributed by atoms with Crippen LogP contribution in [0.3, 0.4) is 0 Å². The largest absolute Gasteiger partial charge is 0.406 e. The van der Waals surface area contributed by atoms with Crippen molar-refractivity contribution in [2.45, 2.75) is 51.4 Å². The van der Waals surface area contributed by atoms with Gasteiger partial charge in [0.15, 0.2) is 0 Å². The lowest BCUT2D eigenvalue weighted by Crippen LogP contribution is -2.45. The van der Waals surface area contributed by atoms with E-state index in [0.29, 0.717) is 23.5 Å². The number of hydrogen-bond donors (Lipinski definition) is 1. The molecule has 2 saturated carbocycles. The van der Waals surface area contributed by atoms with Gasteiger partial charge in [0.2, 0.25) is 0 Å². The lowest BCUT2D eigenvalue weighted by molar-refractivity contribution is -0.129. The van der Waals surface area contributed by atoms with Gasteiger partial charge in [-0.3, -0.25) is 4.79 Å². The maximum absolute atomic E-state index is 12.5. The Balaban J connectivity index is 1.37. The first-order valence-electron chi connectivity index (χ1n) is 10.4. The van der Waals surface area contributed by atoms with E-state index in [4.69, 9.17) is 4.84 Å². The molecule has 1 aromatic carbocycles. The molecule has 0 amide bonds. The Morgan fingerprint density at radius 2 is 2.00 bits per heavy atom. The minimum Gasteiger partial charge on any atom is -0.406 e. The predicted octanol–water partition coefficient (Wildman–Crippen LogP) is 3.31. The summed E-state index contributed by atoms with van der Waals surface area (Å²) in [7, 11) is 0. The zero-order chi connectivity index (χ0) is 17.7. The highest BCUT2D eigenvalue weighted by atomic mass is 16.7. The molecule has 4 heteroatoms. The van der Waals surface area contributed by atoms with E-state index in [1.54, 1.807) is 0 Å². The lowest BCUT2D eigenvalue weighted by atomic mass is 9.55. The maximum atomic E-state index is 12.5. The van der Waals surface area contributed by atoms with Crippen LogP contribution in [-0.2, 0) is 11.2 Å². The Hall–Kier alpha value is -1.39. The fraction of sp³-hybridized carbons (Fsp3) is 0.682. The average molecular weight is 354 g/mol. The Bertz CT molecular complexity index is 712. The zero-order valence-electron chi connectivity index (χ0n) is 15.8. The van der Waals surface area contributed by atoms with E-state index < -0.39 is 0 Å². The molecule has 4 nitrogen and oxygen atoms in total. The van der Waals surface area contributed by atoms with Crippen LogP contribution in [0.15, 0.2) is 18.2 Å². The molecule has 3 aliphatic carbocycles. The van der Waals surface area contributed by atoms with E-state index in [1.165, 1.54) is 24.0 Å². The molecule has 0 unspecified atom stereocenters. The van der Waals surface area contributed by atoms with Crippen molar-refractivity contribution in [1.29, 1.82) is 0 Å². The summed E-state index contributed by atoms with van der Waals surface area (Å²) in [5.41, 5.74) is 2.99. The molecule has 0 bridgehead atoms. The number of Topliss-reactive ketones (excluding diaryl/α,β-unsaturated/α-hetero) is 1. The van der Waals surface area contributed by atoms with Gasteiger partial charge < -0.3 is 10.2 Å². The predicted molar refractivity (Wildman–Crippen MR) is 101 cm³/mol.